The molecule has 0 aromatic carbocycles. The van der Waals surface area contributed by atoms with Gasteiger partial charge in [-0.3, -0.25) is 10.1 Å². The van der Waals surface area contributed by atoms with Crippen LogP contribution >= 0.6 is 11.6 Å². The summed E-state index contributed by atoms with van der Waals surface area (Å²) < 4.78 is 10.1. The molecule has 1 fully saturated rings. The van der Waals surface area contributed by atoms with Crippen LogP contribution in [0.1, 0.15) is 16.8 Å². The third kappa shape index (κ3) is 2.74. The largest absolute Gasteiger partial charge is 0.456 e. The lowest BCUT2D eigenvalue weighted by molar-refractivity contribution is -0.385. The minimum absolute atomic E-state index is 0.00442. The molecule has 0 radical (unpaired) electrons. The summed E-state index contributed by atoms with van der Waals surface area (Å²) >= 11 is 5.62. The number of nitrogens with zero attached hydrogens (tertiary/aromatic N) is 2. The SMILES string of the molecule is O=C(OC1CCOC1)c1cc(Cl)ncc1[N+](=O)[O-]. The van der Waals surface area contributed by atoms with Gasteiger partial charge in [-0.25, -0.2) is 9.78 Å². The van der Waals surface area contributed by atoms with E-state index in [0.29, 0.717) is 19.6 Å². The van der Waals surface area contributed by atoms with E-state index >= 15 is 0 Å². The fourth-order valence-corrected chi connectivity index (χ4v) is 1.71. The summed E-state index contributed by atoms with van der Waals surface area (Å²) in [5, 5.41) is 10.8. The average Bonchev–Trinajstić information content (AvgIpc) is 2.81. The molecule has 1 aromatic heterocycles. The van der Waals surface area contributed by atoms with Crippen molar-refractivity contribution in [1.82, 2.24) is 4.98 Å². The van der Waals surface area contributed by atoms with Gasteiger partial charge in [0.1, 0.15) is 23.0 Å². The predicted octanol–water partition coefficient (Wildman–Crippen LogP) is 1.59. The smallest absolute Gasteiger partial charge is 0.345 e. The lowest BCUT2D eigenvalue weighted by Crippen LogP contribution is -2.19. The van der Waals surface area contributed by atoms with Crippen molar-refractivity contribution >= 4 is 23.3 Å². The molecule has 1 unspecified atom stereocenters. The number of hydrogen-bond acceptors (Lipinski definition) is 6. The number of hydrogen-bond donors (Lipinski definition) is 0. The van der Waals surface area contributed by atoms with E-state index in [1.165, 1.54) is 0 Å². The van der Waals surface area contributed by atoms with Crippen LogP contribution in [0, 0.1) is 10.1 Å². The second kappa shape index (κ2) is 5.28. The van der Waals surface area contributed by atoms with Crippen LogP contribution in [0.4, 0.5) is 5.69 Å². The molecular formula is C10H9ClN2O5. The standard InChI is InChI=1S/C10H9ClN2O5/c11-9-3-7(8(4-12-9)13(15)16)10(14)18-6-1-2-17-5-6/h3-4,6H,1-2,5H2. The maximum Gasteiger partial charge on any atom is 0.345 e. The molecule has 1 aromatic rings. The number of esters is 1. The van der Waals surface area contributed by atoms with E-state index in [9.17, 15) is 14.9 Å². The third-order valence-electron chi connectivity index (χ3n) is 2.43. The molecule has 0 bridgehead atoms. The van der Waals surface area contributed by atoms with Crippen LogP contribution in [-0.2, 0) is 9.47 Å². The topological polar surface area (TPSA) is 91.6 Å². The summed E-state index contributed by atoms with van der Waals surface area (Å²) in [5.41, 5.74) is -0.629. The third-order valence-corrected chi connectivity index (χ3v) is 2.63. The first kappa shape index (κ1) is 12.7. The second-order valence-corrected chi connectivity index (χ2v) is 4.06. The first-order chi connectivity index (χ1) is 8.58. The molecule has 0 aliphatic carbocycles. The molecule has 0 spiro atoms. The fourth-order valence-electron chi connectivity index (χ4n) is 1.55. The summed E-state index contributed by atoms with van der Waals surface area (Å²) in [6.45, 7) is 0.815. The molecule has 7 nitrogen and oxygen atoms in total. The van der Waals surface area contributed by atoms with E-state index in [-0.39, 0.29) is 16.8 Å². The van der Waals surface area contributed by atoms with Gasteiger partial charge in [0.25, 0.3) is 0 Å². The summed E-state index contributed by atoms with van der Waals surface area (Å²) in [4.78, 5) is 25.4. The Morgan fingerprint density at radius 3 is 3.06 bits per heavy atom. The van der Waals surface area contributed by atoms with Gasteiger partial charge < -0.3 is 9.47 Å². The van der Waals surface area contributed by atoms with E-state index in [0.717, 1.165) is 12.3 Å². The summed E-state index contributed by atoms with van der Waals surface area (Å²) in [7, 11) is 0. The van der Waals surface area contributed by atoms with Crippen molar-refractivity contribution in [3.63, 3.8) is 0 Å². The van der Waals surface area contributed by atoms with Gasteiger partial charge >= 0.3 is 11.7 Å². The quantitative estimate of drug-likeness (QED) is 0.359. The summed E-state index contributed by atoms with van der Waals surface area (Å²) in [5.74, 6) is -0.790. The summed E-state index contributed by atoms with van der Waals surface area (Å²) in [6, 6.07) is 1.12. The number of ether oxygens (including phenoxy) is 2. The molecule has 96 valence electrons. The van der Waals surface area contributed by atoms with Crippen molar-refractivity contribution in [3.8, 4) is 0 Å². The number of aromatic nitrogens is 1. The lowest BCUT2D eigenvalue weighted by Gasteiger charge is -2.10. The molecule has 1 aliphatic heterocycles. The first-order valence-corrected chi connectivity index (χ1v) is 5.54. The van der Waals surface area contributed by atoms with Gasteiger partial charge in [0.2, 0.25) is 0 Å². The molecule has 1 aliphatic rings. The van der Waals surface area contributed by atoms with Crippen LogP contribution in [0.25, 0.3) is 0 Å². The van der Waals surface area contributed by atoms with Gasteiger partial charge in [0.15, 0.2) is 0 Å². The van der Waals surface area contributed by atoms with E-state index in [1.807, 2.05) is 0 Å². The number of halogens is 1. The number of rotatable bonds is 3. The van der Waals surface area contributed by atoms with Crippen LogP contribution in [0.5, 0.6) is 0 Å². The van der Waals surface area contributed by atoms with Gasteiger partial charge in [-0.1, -0.05) is 11.6 Å². The Balaban J connectivity index is 2.22. The molecule has 2 rings (SSSR count). The van der Waals surface area contributed by atoms with Crippen molar-refractivity contribution in [1.29, 1.82) is 0 Å². The Bertz CT molecular complexity index is 487. The number of carbonyl (C=O) groups is 1. The highest BCUT2D eigenvalue weighted by Gasteiger charge is 2.26. The van der Waals surface area contributed by atoms with E-state index < -0.39 is 16.6 Å². The lowest BCUT2D eigenvalue weighted by atomic mass is 10.2. The zero-order valence-corrected chi connectivity index (χ0v) is 9.92. The Labute approximate surface area is 107 Å². The van der Waals surface area contributed by atoms with Crippen molar-refractivity contribution in [3.05, 3.63) is 33.1 Å². The number of pyridine rings is 1. The maximum absolute atomic E-state index is 11.8. The Morgan fingerprint density at radius 1 is 1.67 bits per heavy atom. The molecule has 0 saturated carbocycles. The van der Waals surface area contributed by atoms with Crippen LogP contribution in [0.3, 0.4) is 0 Å². The molecule has 2 heterocycles. The maximum atomic E-state index is 11.8. The van der Waals surface area contributed by atoms with Crippen LogP contribution in [0.15, 0.2) is 12.3 Å². The van der Waals surface area contributed by atoms with Crippen molar-refractivity contribution < 1.29 is 19.2 Å². The van der Waals surface area contributed by atoms with Gasteiger partial charge in [-0.15, -0.1) is 0 Å². The zero-order chi connectivity index (χ0) is 13.1. The number of carbonyl (C=O) groups excluding carboxylic acids is 1. The Kier molecular flexibility index (Phi) is 3.73. The zero-order valence-electron chi connectivity index (χ0n) is 9.17. The van der Waals surface area contributed by atoms with Crippen LogP contribution in [-0.4, -0.2) is 35.2 Å². The normalized spacial score (nSPS) is 18.6. The van der Waals surface area contributed by atoms with Crippen molar-refractivity contribution in [2.75, 3.05) is 13.2 Å². The molecule has 0 N–H and O–H groups in total. The molecule has 8 heteroatoms. The van der Waals surface area contributed by atoms with Gasteiger partial charge in [-0.05, 0) is 6.07 Å². The molecule has 1 atom stereocenters. The molecule has 0 amide bonds. The average molecular weight is 273 g/mol. The van der Waals surface area contributed by atoms with E-state index in [2.05, 4.69) is 4.98 Å². The van der Waals surface area contributed by atoms with Gasteiger partial charge in [0, 0.05) is 6.42 Å². The molecular weight excluding hydrogens is 264 g/mol. The highest BCUT2D eigenvalue weighted by Crippen LogP contribution is 2.22. The van der Waals surface area contributed by atoms with Gasteiger partial charge in [-0.2, -0.15) is 0 Å². The monoisotopic (exact) mass is 272 g/mol. The Hall–Kier alpha value is -1.73. The van der Waals surface area contributed by atoms with Crippen molar-refractivity contribution in [2.45, 2.75) is 12.5 Å². The Morgan fingerprint density at radius 2 is 2.44 bits per heavy atom. The highest BCUT2D eigenvalue weighted by atomic mass is 35.5. The van der Waals surface area contributed by atoms with Gasteiger partial charge in [0.05, 0.1) is 18.1 Å². The van der Waals surface area contributed by atoms with Crippen LogP contribution < -0.4 is 0 Å². The first-order valence-electron chi connectivity index (χ1n) is 5.16. The summed E-state index contributed by atoms with van der Waals surface area (Å²) in [6.07, 6.45) is 1.15. The second-order valence-electron chi connectivity index (χ2n) is 3.67. The minimum Gasteiger partial charge on any atom is -0.456 e. The minimum atomic E-state index is -0.790. The predicted molar refractivity (Wildman–Crippen MR) is 60.5 cm³/mol. The van der Waals surface area contributed by atoms with E-state index in [4.69, 9.17) is 21.1 Å². The fraction of sp³-hybridized carbons (Fsp3) is 0.400. The number of nitro groups is 1. The highest BCUT2D eigenvalue weighted by molar-refractivity contribution is 6.29. The molecule has 1 saturated heterocycles. The van der Waals surface area contributed by atoms with Crippen molar-refractivity contribution in [2.24, 2.45) is 0 Å². The molecule has 18 heavy (non-hydrogen) atoms. The van der Waals surface area contributed by atoms with Crippen LogP contribution in [0.2, 0.25) is 5.15 Å². The van der Waals surface area contributed by atoms with E-state index in [1.54, 1.807) is 0 Å².